The predicted octanol–water partition coefficient (Wildman–Crippen LogP) is -0.725. The van der Waals surface area contributed by atoms with Gasteiger partial charge in [0.25, 0.3) is 0 Å². The maximum Gasteiger partial charge on any atom is 0.327 e. The Morgan fingerprint density at radius 2 is 2.50 bits per heavy atom. The molecule has 2 rings (SSSR count). The number of rotatable bonds is 0. The molecule has 0 aromatic carbocycles. The van der Waals surface area contributed by atoms with E-state index in [9.17, 15) is 4.79 Å². The minimum atomic E-state index is -0.208. The van der Waals surface area contributed by atoms with Crippen LogP contribution >= 0.6 is 0 Å². The Morgan fingerprint density at radius 1 is 1.75 bits per heavy atom. The average Bonchev–Trinajstić information content (AvgIpc) is 2.39. The van der Waals surface area contributed by atoms with E-state index < -0.39 is 0 Å². The lowest BCUT2D eigenvalue weighted by molar-refractivity contribution is -0.139. The third-order valence-electron chi connectivity index (χ3n) is 1.76. The first kappa shape index (κ1) is 4.32. The minimum absolute atomic E-state index is 0.0579. The molecule has 2 aliphatic heterocycles. The Kier molecular flexibility index (Phi) is 0.568. The van der Waals surface area contributed by atoms with Crippen LogP contribution in [-0.4, -0.2) is 24.7 Å². The summed E-state index contributed by atoms with van der Waals surface area (Å²) in [6.07, 6.45) is 0.867. The molecular weight excluding hydrogens is 106 g/mol. The van der Waals surface area contributed by atoms with Crippen LogP contribution in [0.2, 0.25) is 0 Å². The van der Waals surface area contributed by atoms with Crippen LogP contribution in [0.5, 0.6) is 0 Å². The SMILES string of the molecule is O=C1OCC[C@]12CN2. The van der Waals surface area contributed by atoms with Crippen LogP contribution in [0.4, 0.5) is 0 Å². The van der Waals surface area contributed by atoms with E-state index in [1.54, 1.807) is 0 Å². The van der Waals surface area contributed by atoms with Crippen molar-refractivity contribution in [2.75, 3.05) is 13.2 Å². The molecule has 0 bridgehead atoms. The van der Waals surface area contributed by atoms with Crippen molar-refractivity contribution in [3.8, 4) is 0 Å². The summed E-state index contributed by atoms with van der Waals surface area (Å²) in [5.74, 6) is -0.0579. The van der Waals surface area contributed by atoms with Gasteiger partial charge in [0.2, 0.25) is 0 Å². The molecule has 44 valence electrons. The fourth-order valence-corrected chi connectivity index (χ4v) is 0.986. The van der Waals surface area contributed by atoms with Crippen molar-refractivity contribution in [2.24, 2.45) is 0 Å². The molecule has 0 aromatic heterocycles. The number of hydrogen-bond donors (Lipinski definition) is 1. The number of carbonyl (C=O) groups is 1. The standard InChI is InChI=1S/C5H7NO2/c7-4-5(3-6-5)1-2-8-4/h6H,1-3H2/t5-/m0/s1. The van der Waals surface area contributed by atoms with Gasteiger partial charge in [0.05, 0.1) is 6.61 Å². The van der Waals surface area contributed by atoms with Crippen molar-refractivity contribution in [3.05, 3.63) is 0 Å². The van der Waals surface area contributed by atoms with Crippen molar-refractivity contribution < 1.29 is 9.53 Å². The van der Waals surface area contributed by atoms with E-state index in [1.807, 2.05) is 0 Å². The third-order valence-corrected chi connectivity index (χ3v) is 1.76. The molecule has 0 radical (unpaired) electrons. The Bertz CT molecular complexity index is 139. The Morgan fingerprint density at radius 3 is 2.75 bits per heavy atom. The van der Waals surface area contributed by atoms with Crippen molar-refractivity contribution in [1.82, 2.24) is 5.32 Å². The molecule has 2 saturated heterocycles. The van der Waals surface area contributed by atoms with E-state index in [0.717, 1.165) is 13.0 Å². The third kappa shape index (κ3) is 0.351. The highest BCUT2D eigenvalue weighted by Gasteiger charge is 2.54. The van der Waals surface area contributed by atoms with Gasteiger partial charge in [-0.05, 0) is 0 Å². The molecule has 2 fully saturated rings. The Labute approximate surface area is 47.0 Å². The quantitative estimate of drug-likeness (QED) is 0.333. The second-order valence-electron chi connectivity index (χ2n) is 2.32. The van der Waals surface area contributed by atoms with Crippen molar-refractivity contribution in [1.29, 1.82) is 0 Å². The molecule has 2 aliphatic rings. The summed E-state index contributed by atoms with van der Waals surface area (Å²) in [4.78, 5) is 10.7. The average molecular weight is 113 g/mol. The first-order valence-corrected chi connectivity index (χ1v) is 2.76. The van der Waals surface area contributed by atoms with Crippen molar-refractivity contribution in [2.45, 2.75) is 12.0 Å². The van der Waals surface area contributed by atoms with Crippen LogP contribution in [0.3, 0.4) is 0 Å². The summed E-state index contributed by atoms with van der Waals surface area (Å²) < 4.78 is 4.73. The summed E-state index contributed by atoms with van der Waals surface area (Å²) in [6, 6.07) is 0. The van der Waals surface area contributed by atoms with Gasteiger partial charge in [0.1, 0.15) is 5.54 Å². The van der Waals surface area contributed by atoms with Gasteiger partial charge in [-0.2, -0.15) is 0 Å². The highest BCUT2D eigenvalue weighted by Crippen LogP contribution is 2.28. The van der Waals surface area contributed by atoms with E-state index in [2.05, 4.69) is 5.32 Å². The Balaban J connectivity index is 2.23. The molecule has 0 amide bonds. The highest BCUT2D eigenvalue weighted by molar-refractivity contribution is 5.86. The van der Waals surface area contributed by atoms with Gasteiger partial charge in [-0.25, -0.2) is 4.79 Å². The number of hydrogen-bond acceptors (Lipinski definition) is 3. The van der Waals surface area contributed by atoms with Crippen molar-refractivity contribution in [3.63, 3.8) is 0 Å². The molecule has 0 unspecified atom stereocenters. The minimum Gasteiger partial charge on any atom is -0.464 e. The molecule has 2 heterocycles. The zero-order chi connectivity index (χ0) is 5.61. The maximum atomic E-state index is 10.7. The largest absolute Gasteiger partial charge is 0.464 e. The summed E-state index contributed by atoms with van der Waals surface area (Å²) >= 11 is 0. The smallest absolute Gasteiger partial charge is 0.327 e. The molecular formula is C5H7NO2. The van der Waals surface area contributed by atoms with E-state index in [-0.39, 0.29) is 11.5 Å². The topological polar surface area (TPSA) is 48.2 Å². The molecule has 0 saturated carbocycles. The second-order valence-corrected chi connectivity index (χ2v) is 2.32. The number of esters is 1. The number of carbonyl (C=O) groups excluding carboxylic acids is 1. The summed E-state index contributed by atoms with van der Waals surface area (Å²) in [5, 5.41) is 2.98. The molecule has 3 heteroatoms. The van der Waals surface area contributed by atoms with Gasteiger partial charge >= 0.3 is 5.97 Å². The molecule has 1 atom stereocenters. The monoisotopic (exact) mass is 113 g/mol. The zero-order valence-corrected chi connectivity index (χ0v) is 4.44. The lowest BCUT2D eigenvalue weighted by Gasteiger charge is -1.91. The summed E-state index contributed by atoms with van der Waals surface area (Å²) in [6.45, 7) is 1.43. The fourth-order valence-electron chi connectivity index (χ4n) is 0.986. The van der Waals surface area contributed by atoms with Crippen LogP contribution in [0, 0.1) is 0 Å². The normalized spacial score (nSPS) is 42.8. The summed E-state index contributed by atoms with van der Waals surface area (Å²) in [5.41, 5.74) is -0.208. The van der Waals surface area contributed by atoms with E-state index in [1.165, 1.54) is 0 Å². The van der Waals surface area contributed by atoms with E-state index in [4.69, 9.17) is 4.74 Å². The molecule has 8 heavy (non-hydrogen) atoms. The van der Waals surface area contributed by atoms with Crippen LogP contribution in [0.15, 0.2) is 0 Å². The first-order valence-electron chi connectivity index (χ1n) is 2.76. The fraction of sp³-hybridized carbons (Fsp3) is 0.800. The highest BCUT2D eigenvalue weighted by atomic mass is 16.5. The van der Waals surface area contributed by atoms with Gasteiger partial charge in [-0.1, -0.05) is 0 Å². The zero-order valence-electron chi connectivity index (χ0n) is 4.44. The van der Waals surface area contributed by atoms with Gasteiger partial charge in [0, 0.05) is 13.0 Å². The number of ether oxygens (including phenoxy) is 1. The lowest BCUT2D eigenvalue weighted by atomic mass is 10.1. The molecule has 0 aliphatic carbocycles. The van der Waals surface area contributed by atoms with Gasteiger partial charge in [0.15, 0.2) is 0 Å². The van der Waals surface area contributed by atoms with Gasteiger partial charge in [-0.15, -0.1) is 0 Å². The van der Waals surface area contributed by atoms with Gasteiger partial charge in [-0.3, -0.25) is 5.32 Å². The van der Waals surface area contributed by atoms with Crippen LogP contribution in [0.25, 0.3) is 0 Å². The molecule has 1 N–H and O–H groups in total. The first-order chi connectivity index (χ1) is 3.83. The van der Waals surface area contributed by atoms with Crippen LogP contribution < -0.4 is 5.32 Å². The van der Waals surface area contributed by atoms with Gasteiger partial charge < -0.3 is 4.74 Å². The Hall–Kier alpha value is -0.570. The molecule has 1 spiro atoms. The number of nitrogens with one attached hydrogen (secondary N) is 1. The second kappa shape index (κ2) is 1.05. The predicted molar refractivity (Wildman–Crippen MR) is 26.3 cm³/mol. The number of cyclic esters (lactones) is 1. The van der Waals surface area contributed by atoms with Crippen LogP contribution in [0.1, 0.15) is 6.42 Å². The van der Waals surface area contributed by atoms with E-state index in [0.29, 0.717) is 6.61 Å². The summed E-state index contributed by atoms with van der Waals surface area (Å²) in [7, 11) is 0. The van der Waals surface area contributed by atoms with E-state index >= 15 is 0 Å². The van der Waals surface area contributed by atoms with Crippen LogP contribution in [-0.2, 0) is 9.53 Å². The lowest BCUT2D eigenvalue weighted by Crippen LogP contribution is -2.20. The molecule has 3 nitrogen and oxygen atoms in total. The maximum absolute atomic E-state index is 10.7. The molecule has 0 aromatic rings. The van der Waals surface area contributed by atoms with Crippen molar-refractivity contribution >= 4 is 5.97 Å².